The van der Waals surface area contributed by atoms with Crippen molar-refractivity contribution in [3.63, 3.8) is 0 Å². The molecule has 0 aromatic carbocycles. The molecule has 0 radical (unpaired) electrons. The Morgan fingerprint density at radius 3 is 2.93 bits per heavy atom. The number of carbonyl (C=O) groups is 1. The summed E-state index contributed by atoms with van der Waals surface area (Å²) in [6.45, 7) is 6.75. The molecule has 0 heterocycles. The molecule has 1 amide bonds. The van der Waals surface area contributed by atoms with Crippen molar-refractivity contribution in [2.24, 2.45) is 11.7 Å². The van der Waals surface area contributed by atoms with E-state index < -0.39 is 0 Å². The minimum absolute atomic E-state index is 0.0283. The van der Waals surface area contributed by atoms with Crippen LogP contribution in [0.5, 0.6) is 0 Å². The van der Waals surface area contributed by atoms with E-state index in [1.165, 1.54) is 0 Å². The van der Waals surface area contributed by atoms with Crippen LogP contribution in [-0.2, 0) is 4.79 Å². The highest BCUT2D eigenvalue weighted by molar-refractivity contribution is 7.99. The third kappa shape index (κ3) is 6.05. The number of rotatable bonds is 8. The molecule has 3 nitrogen and oxygen atoms in total. The van der Waals surface area contributed by atoms with Crippen molar-refractivity contribution in [3.8, 4) is 0 Å². The van der Waals surface area contributed by atoms with Crippen molar-refractivity contribution in [3.05, 3.63) is 12.7 Å². The lowest BCUT2D eigenvalue weighted by molar-refractivity contribution is -0.124. The highest BCUT2D eigenvalue weighted by Crippen LogP contribution is 2.00. The van der Waals surface area contributed by atoms with Crippen LogP contribution in [0.25, 0.3) is 0 Å². The second-order valence-corrected chi connectivity index (χ2v) is 4.15. The first-order valence-corrected chi connectivity index (χ1v) is 6.08. The fraction of sp³-hybridized carbons (Fsp3) is 0.700. The van der Waals surface area contributed by atoms with Gasteiger partial charge >= 0.3 is 0 Å². The molecule has 0 saturated carbocycles. The molecule has 0 spiro atoms. The minimum atomic E-state index is -0.0283. The molecule has 4 heteroatoms. The fourth-order valence-corrected chi connectivity index (χ4v) is 1.60. The highest BCUT2D eigenvalue weighted by Gasteiger charge is 2.12. The summed E-state index contributed by atoms with van der Waals surface area (Å²) in [5, 5.41) is 2.87. The van der Waals surface area contributed by atoms with E-state index in [0.29, 0.717) is 13.1 Å². The Labute approximate surface area is 90.5 Å². The molecule has 1 unspecified atom stereocenters. The van der Waals surface area contributed by atoms with E-state index >= 15 is 0 Å². The average molecular weight is 216 g/mol. The van der Waals surface area contributed by atoms with Gasteiger partial charge in [0.15, 0.2) is 0 Å². The lowest BCUT2D eigenvalue weighted by atomic mass is 10.1. The van der Waals surface area contributed by atoms with Crippen LogP contribution >= 0.6 is 11.8 Å². The first-order chi connectivity index (χ1) is 6.76. The summed E-state index contributed by atoms with van der Waals surface area (Å²) in [6, 6.07) is 0. The van der Waals surface area contributed by atoms with E-state index in [0.717, 1.165) is 17.9 Å². The van der Waals surface area contributed by atoms with Gasteiger partial charge in [-0.05, 0) is 6.42 Å². The van der Waals surface area contributed by atoms with Crippen LogP contribution in [0.15, 0.2) is 12.7 Å². The fourth-order valence-electron chi connectivity index (χ4n) is 1.02. The minimum Gasteiger partial charge on any atom is -0.355 e. The van der Waals surface area contributed by atoms with E-state index in [9.17, 15) is 4.79 Å². The van der Waals surface area contributed by atoms with Crippen LogP contribution in [0.1, 0.15) is 13.3 Å². The topological polar surface area (TPSA) is 55.1 Å². The largest absolute Gasteiger partial charge is 0.355 e. The van der Waals surface area contributed by atoms with Gasteiger partial charge in [0.1, 0.15) is 0 Å². The second-order valence-electron chi connectivity index (χ2n) is 3.00. The molecular formula is C10H20N2OS. The van der Waals surface area contributed by atoms with Gasteiger partial charge in [0.25, 0.3) is 0 Å². The van der Waals surface area contributed by atoms with Crippen LogP contribution in [0.2, 0.25) is 0 Å². The lowest BCUT2D eigenvalue weighted by Crippen LogP contribution is -2.35. The molecule has 0 bridgehead atoms. The SMILES string of the molecule is C=CCSCCNC(=O)C(CC)CN. The molecule has 3 N–H and O–H groups in total. The van der Waals surface area contributed by atoms with Gasteiger partial charge in [0, 0.05) is 30.5 Å². The third-order valence-electron chi connectivity index (χ3n) is 1.93. The smallest absolute Gasteiger partial charge is 0.224 e. The van der Waals surface area contributed by atoms with Gasteiger partial charge in [0.05, 0.1) is 0 Å². The zero-order valence-corrected chi connectivity index (χ0v) is 9.61. The van der Waals surface area contributed by atoms with Crippen molar-refractivity contribution in [1.82, 2.24) is 5.32 Å². The molecule has 0 aromatic rings. The Morgan fingerprint density at radius 1 is 1.71 bits per heavy atom. The van der Waals surface area contributed by atoms with Gasteiger partial charge in [-0.3, -0.25) is 4.79 Å². The molecule has 0 saturated heterocycles. The van der Waals surface area contributed by atoms with Gasteiger partial charge in [-0.2, -0.15) is 11.8 Å². The number of thioether (sulfide) groups is 1. The summed E-state index contributed by atoms with van der Waals surface area (Å²) in [5.41, 5.74) is 5.46. The van der Waals surface area contributed by atoms with Gasteiger partial charge in [-0.15, -0.1) is 6.58 Å². The zero-order valence-electron chi connectivity index (χ0n) is 8.79. The average Bonchev–Trinajstić information content (AvgIpc) is 2.19. The van der Waals surface area contributed by atoms with Crippen molar-refractivity contribution in [1.29, 1.82) is 0 Å². The van der Waals surface area contributed by atoms with Crippen molar-refractivity contribution >= 4 is 17.7 Å². The first-order valence-electron chi connectivity index (χ1n) is 4.92. The summed E-state index contributed by atoms with van der Waals surface area (Å²) in [7, 11) is 0. The number of nitrogens with one attached hydrogen (secondary N) is 1. The van der Waals surface area contributed by atoms with E-state index in [1.54, 1.807) is 11.8 Å². The number of nitrogens with two attached hydrogens (primary N) is 1. The molecule has 82 valence electrons. The van der Waals surface area contributed by atoms with Crippen LogP contribution in [-0.4, -0.2) is 30.5 Å². The van der Waals surface area contributed by atoms with Crippen LogP contribution in [0, 0.1) is 5.92 Å². The van der Waals surface area contributed by atoms with Gasteiger partial charge in [-0.25, -0.2) is 0 Å². The highest BCUT2D eigenvalue weighted by atomic mass is 32.2. The Bertz CT molecular complexity index is 170. The number of hydrogen-bond donors (Lipinski definition) is 2. The summed E-state index contributed by atoms with van der Waals surface area (Å²) >= 11 is 1.76. The predicted molar refractivity (Wildman–Crippen MR) is 63.4 cm³/mol. The number of amides is 1. The maximum atomic E-state index is 11.4. The Hall–Kier alpha value is -0.480. The molecule has 0 rings (SSSR count). The first kappa shape index (κ1) is 13.5. The number of carbonyl (C=O) groups excluding carboxylic acids is 1. The van der Waals surface area contributed by atoms with E-state index in [-0.39, 0.29) is 11.8 Å². The van der Waals surface area contributed by atoms with E-state index in [1.807, 2.05) is 13.0 Å². The van der Waals surface area contributed by atoms with Crippen molar-refractivity contribution < 1.29 is 4.79 Å². The Kier molecular flexibility index (Phi) is 8.78. The molecule has 0 aromatic heterocycles. The molecule has 1 atom stereocenters. The van der Waals surface area contributed by atoms with Crippen molar-refractivity contribution in [2.75, 3.05) is 24.6 Å². The summed E-state index contributed by atoms with van der Waals surface area (Å²) in [6.07, 6.45) is 2.67. The predicted octanol–water partition coefficient (Wildman–Crippen LogP) is 1.01. The maximum Gasteiger partial charge on any atom is 0.224 e. The Morgan fingerprint density at radius 2 is 2.43 bits per heavy atom. The lowest BCUT2D eigenvalue weighted by Gasteiger charge is -2.11. The van der Waals surface area contributed by atoms with Gasteiger partial charge in [-0.1, -0.05) is 13.0 Å². The molecular weight excluding hydrogens is 196 g/mol. The molecule has 0 fully saturated rings. The van der Waals surface area contributed by atoms with Gasteiger partial charge < -0.3 is 11.1 Å². The van der Waals surface area contributed by atoms with E-state index in [2.05, 4.69) is 11.9 Å². The van der Waals surface area contributed by atoms with Crippen LogP contribution in [0.4, 0.5) is 0 Å². The molecule has 0 aliphatic rings. The van der Waals surface area contributed by atoms with E-state index in [4.69, 9.17) is 5.73 Å². The second kappa shape index (κ2) is 9.09. The number of hydrogen-bond acceptors (Lipinski definition) is 3. The summed E-state index contributed by atoms with van der Waals surface area (Å²) in [5.74, 6) is 1.91. The quantitative estimate of drug-likeness (QED) is 0.470. The maximum absolute atomic E-state index is 11.4. The molecule has 14 heavy (non-hydrogen) atoms. The van der Waals surface area contributed by atoms with Crippen LogP contribution in [0.3, 0.4) is 0 Å². The summed E-state index contributed by atoms with van der Waals surface area (Å²) in [4.78, 5) is 11.4. The third-order valence-corrected chi connectivity index (χ3v) is 2.89. The molecule has 0 aliphatic carbocycles. The monoisotopic (exact) mass is 216 g/mol. The zero-order chi connectivity index (χ0) is 10.8. The normalized spacial score (nSPS) is 12.1. The van der Waals surface area contributed by atoms with Crippen molar-refractivity contribution in [2.45, 2.75) is 13.3 Å². The summed E-state index contributed by atoms with van der Waals surface area (Å²) < 4.78 is 0. The molecule has 0 aliphatic heterocycles. The standard InChI is InChI=1S/C10H20N2OS/c1-3-6-14-7-5-12-10(13)9(4-2)8-11/h3,9H,1,4-8,11H2,2H3,(H,12,13). The Balaban J connectivity index is 3.47. The van der Waals surface area contributed by atoms with Gasteiger partial charge in [0.2, 0.25) is 5.91 Å². The van der Waals surface area contributed by atoms with Crippen LogP contribution < -0.4 is 11.1 Å².